The largest absolute Gasteiger partial charge is 0.366 e. The van der Waals surface area contributed by atoms with Crippen LogP contribution in [-0.2, 0) is 0 Å². The molecule has 0 unspecified atom stereocenters. The number of pyridine rings is 1. The van der Waals surface area contributed by atoms with Gasteiger partial charge in [-0.1, -0.05) is 11.6 Å². The molecule has 0 aliphatic heterocycles. The Balaban J connectivity index is 2.30. The van der Waals surface area contributed by atoms with Crippen molar-refractivity contribution in [3.05, 3.63) is 58.4 Å². The topological polar surface area (TPSA) is 85.1 Å². The first-order valence-electron chi connectivity index (χ1n) is 5.61. The van der Waals surface area contributed by atoms with E-state index >= 15 is 0 Å². The van der Waals surface area contributed by atoms with E-state index in [0.717, 1.165) is 12.3 Å². The lowest BCUT2D eigenvalue weighted by atomic mass is 10.1. The Bertz CT molecular complexity index is 737. The molecule has 2 amide bonds. The number of carbonyl (C=O) groups excluding carboxylic acids is 2. The van der Waals surface area contributed by atoms with Crippen molar-refractivity contribution in [2.45, 2.75) is 0 Å². The fraction of sp³-hybridized carbons (Fsp3) is 0. The summed E-state index contributed by atoms with van der Waals surface area (Å²) in [4.78, 5) is 26.1. The molecular formula is C13H8ClF2N3O2. The van der Waals surface area contributed by atoms with Crippen LogP contribution in [0.4, 0.5) is 14.5 Å². The zero-order chi connectivity index (χ0) is 15.6. The first-order chi connectivity index (χ1) is 9.90. The number of hydrogen-bond donors (Lipinski definition) is 2. The molecule has 0 saturated heterocycles. The fourth-order valence-electron chi connectivity index (χ4n) is 1.58. The number of rotatable bonds is 3. The molecule has 0 saturated carbocycles. The average Bonchev–Trinajstić information content (AvgIpc) is 2.43. The Hall–Kier alpha value is -2.54. The smallest absolute Gasteiger partial charge is 0.258 e. The Labute approximate surface area is 122 Å². The highest BCUT2D eigenvalue weighted by Gasteiger charge is 2.17. The van der Waals surface area contributed by atoms with Gasteiger partial charge < -0.3 is 11.1 Å². The zero-order valence-corrected chi connectivity index (χ0v) is 11.1. The second-order valence-electron chi connectivity index (χ2n) is 3.98. The highest BCUT2D eigenvalue weighted by molar-refractivity contribution is 6.34. The van der Waals surface area contributed by atoms with E-state index in [9.17, 15) is 18.4 Å². The van der Waals surface area contributed by atoms with Gasteiger partial charge in [0.25, 0.3) is 5.91 Å². The van der Waals surface area contributed by atoms with E-state index in [1.165, 1.54) is 18.2 Å². The quantitative estimate of drug-likeness (QED) is 0.853. The predicted octanol–water partition coefficient (Wildman–Crippen LogP) is 2.36. The summed E-state index contributed by atoms with van der Waals surface area (Å²) in [6.07, 6.45) is 0.962. The van der Waals surface area contributed by atoms with E-state index in [1.807, 2.05) is 0 Å². The van der Waals surface area contributed by atoms with Crippen LogP contribution in [0, 0.1) is 11.8 Å². The van der Waals surface area contributed by atoms with Crippen molar-refractivity contribution in [3.63, 3.8) is 0 Å². The van der Waals surface area contributed by atoms with Gasteiger partial charge in [-0.25, -0.2) is 9.37 Å². The molecule has 8 heteroatoms. The zero-order valence-electron chi connectivity index (χ0n) is 10.4. The summed E-state index contributed by atoms with van der Waals surface area (Å²) in [6.45, 7) is 0. The summed E-state index contributed by atoms with van der Waals surface area (Å²) in [5.74, 6) is -4.42. The minimum absolute atomic E-state index is 0.00384. The molecule has 1 heterocycles. The van der Waals surface area contributed by atoms with Crippen LogP contribution in [0.1, 0.15) is 20.7 Å². The molecule has 2 aromatic rings. The Morgan fingerprint density at radius 3 is 2.57 bits per heavy atom. The SMILES string of the molecule is NC(=O)c1cc(NC(=O)c2ccnc(F)c2F)ccc1Cl. The summed E-state index contributed by atoms with van der Waals surface area (Å²) in [6, 6.07) is 5.00. The molecule has 21 heavy (non-hydrogen) atoms. The van der Waals surface area contributed by atoms with Crippen molar-refractivity contribution < 1.29 is 18.4 Å². The summed E-state index contributed by atoms with van der Waals surface area (Å²) < 4.78 is 26.4. The van der Waals surface area contributed by atoms with Gasteiger partial charge >= 0.3 is 0 Å². The number of amides is 2. The van der Waals surface area contributed by atoms with Crippen LogP contribution in [0.3, 0.4) is 0 Å². The maximum absolute atomic E-state index is 13.4. The van der Waals surface area contributed by atoms with Gasteiger partial charge in [0.1, 0.15) is 0 Å². The van der Waals surface area contributed by atoms with Crippen LogP contribution in [0.15, 0.2) is 30.5 Å². The second kappa shape index (κ2) is 5.84. The van der Waals surface area contributed by atoms with Crippen LogP contribution < -0.4 is 11.1 Å². The Morgan fingerprint density at radius 1 is 1.19 bits per heavy atom. The lowest BCUT2D eigenvalue weighted by Gasteiger charge is -2.08. The molecule has 108 valence electrons. The maximum Gasteiger partial charge on any atom is 0.258 e. The molecule has 1 aromatic carbocycles. The summed E-state index contributed by atoms with van der Waals surface area (Å²) in [5.41, 5.74) is 4.76. The van der Waals surface area contributed by atoms with Crippen LogP contribution in [-0.4, -0.2) is 16.8 Å². The van der Waals surface area contributed by atoms with Gasteiger partial charge in [0.05, 0.1) is 16.1 Å². The van der Waals surface area contributed by atoms with E-state index in [2.05, 4.69) is 10.3 Å². The standard InChI is InChI=1S/C13H8ClF2N3O2/c14-9-2-1-6(5-8(9)12(17)20)19-13(21)7-3-4-18-11(16)10(7)15/h1-5H,(H2,17,20)(H,19,21). The van der Waals surface area contributed by atoms with E-state index in [0.29, 0.717) is 0 Å². The normalized spacial score (nSPS) is 10.2. The molecule has 0 spiro atoms. The fourth-order valence-corrected chi connectivity index (χ4v) is 1.79. The van der Waals surface area contributed by atoms with Crippen LogP contribution in [0.25, 0.3) is 0 Å². The van der Waals surface area contributed by atoms with Crippen LogP contribution in [0.2, 0.25) is 5.02 Å². The van der Waals surface area contributed by atoms with Gasteiger partial charge in [0.2, 0.25) is 11.9 Å². The number of primary amides is 1. The monoisotopic (exact) mass is 311 g/mol. The van der Waals surface area contributed by atoms with E-state index in [1.54, 1.807) is 0 Å². The summed E-state index contributed by atoms with van der Waals surface area (Å²) in [5, 5.41) is 2.42. The minimum atomic E-state index is -1.38. The third-order valence-electron chi connectivity index (χ3n) is 2.58. The van der Waals surface area contributed by atoms with Crippen molar-refractivity contribution in [1.29, 1.82) is 0 Å². The second-order valence-corrected chi connectivity index (χ2v) is 4.38. The van der Waals surface area contributed by atoms with Gasteiger partial charge in [0.15, 0.2) is 5.82 Å². The molecule has 0 aliphatic rings. The number of carbonyl (C=O) groups is 2. The number of halogens is 3. The van der Waals surface area contributed by atoms with Gasteiger partial charge in [0, 0.05) is 11.9 Å². The number of nitrogens with one attached hydrogen (secondary N) is 1. The number of aromatic nitrogens is 1. The molecule has 5 nitrogen and oxygen atoms in total. The third-order valence-corrected chi connectivity index (χ3v) is 2.91. The van der Waals surface area contributed by atoms with E-state index in [4.69, 9.17) is 17.3 Å². The lowest BCUT2D eigenvalue weighted by Crippen LogP contribution is -2.16. The molecular weight excluding hydrogens is 304 g/mol. The first-order valence-corrected chi connectivity index (χ1v) is 5.98. The van der Waals surface area contributed by atoms with Crippen LogP contribution >= 0.6 is 11.6 Å². The molecule has 0 aliphatic carbocycles. The highest BCUT2D eigenvalue weighted by atomic mass is 35.5. The van der Waals surface area contributed by atoms with Crippen molar-refractivity contribution >= 4 is 29.1 Å². The maximum atomic E-state index is 13.4. The minimum Gasteiger partial charge on any atom is -0.366 e. The van der Waals surface area contributed by atoms with Gasteiger partial charge in [-0.2, -0.15) is 4.39 Å². The molecule has 1 aromatic heterocycles. The van der Waals surface area contributed by atoms with Gasteiger partial charge in [-0.05, 0) is 24.3 Å². The molecule has 2 rings (SSSR count). The highest BCUT2D eigenvalue weighted by Crippen LogP contribution is 2.21. The molecule has 0 fully saturated rings. The Kier molecular flexibility index (Phi) is 4.13. The van der Waals surface area contributed by atoms with Crippen LogP contribution in [0.5, 0.6) is 0 Å². The number of benzene rings is 1. The van der Waals surface area contributed by atoms with Crippen molar-refractivity contribution in [2.24, 2.45) is 5.73 Å². The summed E-state index contributed by atoms with van der Waals surface area (Å²) >= 11 is 5.76. The number of nitrogens with two attached hydrogens (primary N) is 1. The Morgan fingerprint density at radius 2 is 1.90 bits per heavy atom. The van der Waals surface area contributed by atoms with E-state index in [-0.39, 0.29) is 16.3 Å². The number of hydrogen-bond acceptors (Lipinski definition) is 3. The number of nitrogens with zero attached hydrogens (tertiary/aromatic N) is 1. The van der Waals surface area contributed by atoms with Crippen molar-refractivity contribution in [1.82, 2.24) is 4.98 Å². The molecule has 0 atom stereocenters. The first kappa shape index (κ1) is 14.9. The number of anilines is 1. The van der Waals surface area contributed by atoms with Crippen molar-refractivity contribution in [3.8, 4) is 0 Å². The average molecular weight is 312 g/mol. The predicted molar refractivity (Wildman–Crippen MR) is 72.1 cm³/mol. The van der Waals surface area contributed by atoms with E-state index < -0.39 is 29.1 Å². The van der Waals surface area contributed by atoms with Crippen molar-refractivity contribution in [2.75, 3.05) is 5.32 Å². The third kappa shape index (κ3) is 3.14. The van der Waals surface area contributed by atoms with Gasteiger partial charge in [-0.3, -0.25) is 9.59 Å². The summed E-state index contributed by atoms with van der Waals surface area (Å²) in [7, 11) is 0. The molecule has 0 radical (unpaired) electrons. The van der Waals surface area contributed by atoms with Gasteiger partial charge in [-0.15, -0.1) is 0 Å². The lowest BCUT2D eigenvalue weighted by molar-refractivity contribution is 0.0995. The molecule has 0 bridgehead atoms. The molecule has 3 N–H and O–H groups in total.